The molecule has 2 aliphatic heterocycles. The average Bonchev–Trinajstić information content (AvgIpc) is 2.51. The molecule has 0 saturated carbocycles. The van der Waals surface area contributed by atoms with Gasteiger partial charge in [-0.3, -0.25) is 4.90 Å². The molecule has 82 valence electrons. The van der Waals surface area contributed by atoms with E-state index in [1.54, 1.807) is 0 Å². The van der Waals surface area contributed by atoms with Crippen LogP contribution in [0.4, 0.5) is 0 Å². The molecule has 2 heterocycles. The molecule has 0 bridgehead atoms. The lowest BCUT2D eigenvalue weighted by atomic mass is 10.1. The predicted octanol–water partition coefficient (Wildman–Crippen LogP) is 2.41. The third-order valence-corrected chi connectivity index (χ3v) is 3.98. The Hall–Kier alpha value is 0.400. The Morgan fingerprint density at radius 1 is 1.36 bits per heavy atom. The summed E-state index contributed by atoms with van der Waals surface area (Å²) in [4.78, 5) is 3.25. The van der Waals surface area contributed by atoms with E-state index < -0.39 is 0 Å². The third-order valence-electron chi connectivity index (χ3n) is 3.23. The molecule has 2 aliphatic rings. The minimum atomic E-state index is 0.490. The Kier molecular flexibility index (Phi) is 3.86. The van der Waals surface area contributed by atoms with E-state index >= 15 is 0 Å². The number of hydrogen-bond acceptors (Lipinski definition) is 2. The lowest BCUT2D eigenvalue weighted by molar-refractivity contribution is 0.0283. The van der Waals surface area contributed by atoms with Gasteiger partial charge in [-0.1, -0.05) is 15.9 Å². The van der Waals surface area contributed by atoms with Crippen molar-refractivity contribution in [2.75, 3.05) is 19.6 Å². The van der Waals surface area contributed by atoms with Gasteiger partial charge < -0.3 is 4.74 Å². The molecule has 0 aliphatic carbocycles. The highest BCUT2D eigenvalue weighted by molar-refractivity contribution is 9.09. The van der Waals surface area contributed by atoms with Crippen LogP contribution in [0.5, 0.6) is 0 Å². The molecule has 0 radical (unpaired) electrons. The number of likely N-dealkylation sites (tertiary alicyclic amines) is 1. The van der Waals surface area contributed by atoms with Crippen LogP contribution in [0.1, 0.15) is 32.6 Å². The fourth-order valence-electron chi connectivity index (χ4n) is 2.47. The average molecular weight is 262 g/mol. The number of halogens is 1. The van der Waals surface area contributed by atoms with Gasteiger partial charge in [-0.15, -0.1) is 0 Å². The van der Waals surface area contributed by atoms with Gasteiger partial charge in [-0.25, -0.2) is 0 Å². The molecule has 0 amide bonds. The van der Waals surface area contributed by atoms with E-state index in [1.165, 1.54) is 38.8 Å². The van der Waals surface area contributed by atoms with E-state index in [1.807, 2.05) is 0 Å². The maximum Gasteiger partial charge on any atom is 0.0706 e. The Bertz CT molecular complexity index is 188. The Labute approximate surface area is 95.1 Å². The molecular formula is C11H20BrNO. The normalized spacial score (nSPS) is 40.3. The Morgan fingerprint density at radius 2 is 2.21 bits per heavy atom. The van der Waals surface area contributed by atoms with Crippen molar-refractivity contribution in [2.45, 2.75) is 49.6 Å². The monoisotopic (exact) mass is 261 g/mol. The lowest BCUT2D eigenvalue weighted by Crippen LogP contribution is -2.40. The summed E-state index contributed by atoms with van der Waals surface area (Å²) < 4.78 is 5.84. The van der Waals surface area contributed by atoms with Crippen LogP contribution < -0.4 is 0 Å². The molecule has 14 heavy (non-hydrogen) atoms. The van der Waals surface area contributed by atoms with Crippen molar-refractivity contribution >= 4 is 15.9 Å². The van der Waals surface area contributed by atoms with Crippen LogP contribution in [0, 0.1) is 0 Å². The van der Waals surface area contributed by atoms with Crippen LogP contribution in [0.15, 0.2) is 0 Å². The van der Waals surface area contributed by atoms with E-state index in [0.717, 1.165) is 6.54 Å². The minimum Gasteiger partial charge on any atom is -0.374 e. The second-order valence-corrected chi connectivity index (χ2v) is 5.94. The first-order valence-electron chi connectivity index (χ1n) is 5.76. The van der Waals surface area contributed by atoms with Crippen LogP contribution in [0.25, 0.3) is 0 Å². The van der Waals surface area contributed by atoms with Gasteiger partial charge in [0.05, 0.1) is 12.2 Å². The maximum atomic E-state index is 5.84. The van der Waals surface area contributed by atoms with Crippen LogP contribution in [0.2, 0.25) is 0 Å². The number of alkyl halides is 1. The number of ether oxygens (including phenoxy) is 1. The second kappa shape index (κ2) is 4.95. The summed E-state index contributed by atoms with van der Waals surface area (Å²) in [7, 11) is 0. The largest absolute Gasteiger partial charge is 0.374 e. The zero-order valence-electron chi connectivity index (χ0n) is 8.92. The molecule has 3 heteroatoms. The predicted molar refractivity (Wildman–Crippen MR) is 62.0 cm³/mol. The number of rotatable bonds is 2. The highest BCUT2D eigenvalue weighted by Crippen LogP contribution is 2.22. The van der Waals surface area contributed by atoms with Crippen molar-refractivity contribution in [3.8, 4) is 0 Å². The highest BCUT2D eigenvalue weighted by atomic mass is 79.9. The summed E-state index contributed by atoms with van der Waals surface area (Å²) >= 11 is 3.71. The van der Waals surface area contributed by atoms with Crippen molar-refractivity contribution in [2.24, 2.45) is 0 Å². The summed E-state index contributed by atoms with van der Waals surface area (Å²) in [6.45, 7) is 5.79. The van der Waals surface area contributed by atoms with Crippen molar-refractivity contribution < 1.29 is 4.74 Å². The fourth-order valence-corrected chi connectivity index (χ4v) is 3.21. The van der Waals surface area contributed by atoms with Crippen LogP contribution in [-0.2, 0) is 4.74 Å². The Balaban J connectivity index is 1.74. The first-order valence-corrected chi connectivity index (χ1v) is 6.67. The first kappa shape index (κ1) is 10.9. The molecule has 2 rings (SSSR count). The van der Waals surface area contributed by atoms with Gasteiger partial charge >= 0.3 is 0 Å². The standard InChI is InChI=1S/C11H20BrNO/c1-9-4-5-11(14-9)8-13-6-2-3-10(12)7-13/h9-11H,2-8H2,1H3. The lowest BCUT2D eigenvalue weighted by Gasteiger charge is -2.31. The van der Waals surface area contributed by atoms with E-state index in [0.29, 0.717) is 17.0 Å². The molecule has 0 N–H and O–H groups in total. The van der Waals surface area contributed by atoms with Gasteiger partial charge in [-0.05, 0) is 39.2 Å². The summed E-state index contributed by atoms with van der Waals surface area (Å²) in [6, 6.07) is 0. The number of hydrogen-bond donors (Lipinski definition) is 0. The summed E-state index contributed by atoms with van der Waals surface area (Å²) in [5, 5.41) is 0. The topological polar surface area (TPSA) is 12.5 Å². The van der Waals surface area contributed by atoms with Gasteiger partial charge in [0.15, 0.2) is 0 Å². The third kappa shape index (κ3) is 2.94. The van der Waals surface area contributed by atoms with Crippen molar-refractivity contribution in [3.63, 3.8) is 0 Å². The van der Waals surface area contributed by atoms with Gasteiger partial charge in [0.25, 0.3) is 0 Å². The molecule has 2 fully saturated rings. The molecule has 2 nitrogen and oxygen atoms in total. The van der Waals surface area contributed by atoms with Crippen molar-refractivity contribution in [1.82, 2.24) is 4.90 Å². The molecule has 2 saturated heterocycles. The van der Waals surface area contributed by atoms with Gasteiger partial charge in [-0.2, -0.15) is 0 Å². The molecule has 0 spiro atoms. The zero-order valence-corrected chi connectivity index (χ0v) is 10.5. The van der Waals surface area contributed by atoms with Gasteiger partial charge in [0.1, 0.15) is 0 Å². The quantitative estimate of drug-likeness (QED) is 0.709. The minimum absolute atomic E-state index is 0.490. The summed E-state index contributed by atoms with van der Waals surface area (Å²) in [5.74, 6) is 0. The highest BCUT2D eigenvalue weighted by Gasteiger charge is 2.26. The van der Waals surface area contributed by atoms with Crippen LogP contribution in [-0.4, -0.2) is 41.6 Å². The molecular weight excluding hydrogens is 242 g/mol. The van der Waals surface area contributed by atoms with Crippen LogP contribution >= 0.6 is 15.9 Å². The number of nitrogens with zero attached hydrogens (tertiary/aromatic N) is 1. The molecule has 3 unspecified atom stereocenters. The maximum absolute atomic E-state index is 5.84. The SMILES string of the molecule is CC1CCC(CN2CCCC(Br)C2)O1. The molecule has 0 aromatic heterocycles. The van der Waals surface area contributed by atoms with Crippen molar-refractivity contribution in [3.05, 3.63) is 0 Å². The van der Waals surface area contributed by atoms with E-state index in [9.17, 15) is 0 Å². The number of piperidine rings is 1. The van der Waals surface area contributed by atoms with Gasteiger partial charge in [0.2, 0.25) is 0 Å². The Morgan fingerprint density at radius 3 is 2.86 bits per heavy atom. The fraction of sp³-hybridized carbons (Fsp3) is 1.00. The first-order chi connectivity index (χ1) is 6.74. The van der Waals surface area contributed by atoms with E-state index in [-0.39, 0.29) is 0 Å². The molecule has 0 aromatic rings. The van der Waals surface area contributed by atoms with E-state index in [2.05, 4.69) is 27.8 Å². The molecule has 3 atom stereocenters. The summed E-state index contributed by atoms with van der Waals surface area (Å²) in [5.41, 5.74) is 0. The zero-order chi connectivity index (χ0) is 9.97. The van der Waals surface area contributed by atoms with Gasteiger partial charge in [0, 0.05) is 17.9 Å². The second-order valence-electron chi connectivity index (χ2n) is 4.65. The summed E-state index contributed by atoms with van der Waals surface area (Å²) in [6.07, 6.45) is 6.16. The molecule has 0 aromatic carbocycles. The smallest absolute Gasteiger partial charge is 0.0706 e. The van der Waals surface area contributed by atoms with E-state index in [4.69, 9.17) is 4.74 Å². The van der Waals surface area contributed by atoms with Crippen LogP contribution in [0.3, 0.4) is 0 Å². The van der Waals surface area contributed by atoms with Crippen molar-refractivity contribution in [1.29, 1.82) is 0 Å².